The number of halogens is 2. The predicted molar refractivity (Wildman–Crippen MR) is 79.4 cm³/mol. The Hall–Kier alpha value is -1.04. The number of rotatable bonds is 4. The fourth-order valence-corrected chi connectivity index (χ4v) is 1.72. The third-order valence-corrected chi connectivity index (χ3v) is 2.80. The summed E-state index contributed by atoms with van der Waals surface area (Å²) >= 11 is 16.7. The van der Waals surface area contributed by atoms with Gasteiger partial charge in [-0.05, 0) is 37.3 Å². The summed E-state index contributed by atoms with van der Waals surface area (Å²) < 4.78 is 0. The molecule has 1 aromatic rings. The van der Waals surface area contributed by atoms with Crippen molar-refractivity contribution in [1.29, 1.82) is 0 Å². The summed E-state index contributed by atoms with van der Waals surface area (Å²) in [6.07, 6.45) is 0. The van der Waals surface area contributed by atoms with Crippen molar-refractivity contribution in [3.05, 3.63) is 28.2 Å². The molecule has 18 heavy (non-hydrogen) atoms. The van der Waals surface area contributed by atoms with Crippen molar-refractivity contribution in [3.8, 4) is 0 Å². The number of anilines is 1. The highest BCUT2D eigenvalue weighted by atomic mass is 35.5. The lowest BCUT2D eigenvalue weighted by atomic mass is 10.3. The summed E-state index contributed by atoms with van der Waals surface area (Å²) in [6, 6.07) is 4.86. The van der Waals surface area contributed by atoms with Gasteiger partial charge in [0.2, 0.25) is 5.91 Å². The van der Waals surface area contributed by atoms with Crippen LogP contribution in [0.3, 0.4) is 0 Å². The molecule has 0 fully saturated rings. The Labute approximate surface area is 121 Å². The van der Waals surface area contributed by atoms with Crippen LogP contribution in [0.4, 0.5) is 5.69 Å². The lowest BCUT2D eigenvalue weighted by Gasteiger charge is -2.10. The minimum atomic E-state index is -0.251. The monoisotopic (exact) mass is 305 g/mol. The van der Waals surface area contributed by atoms with Crippen molar-refractivity contribution < 1.29 is 4.79 Å². The van der Waals surface area contributed by atoms with Gasteiger partial charge >= 0.3 is 0 Å². The van der Waals surface area contributed by atoms with E-state index in [0.717, 1.165) is 0 Å². The molecule has 1 aromatic carbocycles. The summed E-state index contributed by atoms with van der Waals surface area (Å²) in [5, 5.41) is 9.66. The molecule has 0 aliphatic rings. The van der Waals surface area contributed by atoms with Crippen LogP contribution in [0.5, 0.6) is 0 Å². The van der Waals surface area contributed by atoms with Gasteiger partial charge in [-0.15, -0.1) is 0 Å². The van der Waals surface area contributed by atoms with Gasteiger partial charge in [0.15, 0.2) is 5.11 Å². The van der Waals surface area contributed by atoms with E-state index in [1.54, 1.807) is 18.2 Å². The number of benzene rings is 1. The second-order valence-electron chi connectivity index (χ2n) is 3.39. The van der Waals surface area contributed by atoms with E-state index in [1.165, 1.54) is 0 Å². The fourth-order valence-electron chi connectivity index (χ4n) is 1.17. The van der Waals surface area contributed by atoms with Crippen LogP contribution >= 0.6 is 35.4 Å². The highest BCUT2D eigenvalue weighted by Gasteiger charge is 2.06. The smallest absolute Gasteiger partial charge is 0.243 e. The number of carbonyl (C=O) groups is 1. The van der Waals surface area contributed by atoms with Crippen LogP contribution in [0.15, 0.2) is 18.2 Å². The number of carbonyl (C=O) groups excluding carboxylic acids is 1. The molecule has 0 aromatic heterocycles. The summed E-state index contributed by atoms with van der Waals surface area (Å²) in [5.41, 5.74) is 0.477. The maximum absolute atomic E-state index is 11.6. The van der Waals surface area contributed by atoms with Crippen LogP contribution in [-0.4, -0.2) is 24.1 Å². The van der Waals surface area contributed by atoms with E-state index in [1.807, 2.05) is 6.92 Å². The highest BCUT2D eigenvalue weighted by molar-refractivity contribution is 7.80. The quantitative estimate of drug-likeness (QED) is 0.748. The van der Waals surface area contributed by atoms with Crippen molar-refractivity contribution in [2.45, 2.75) is 6.92 Å². The highest BCUT2D eigenvalue weighted by Crippen LogP contribution is 2.25. The minimum Gasteiger partial charge on any atom is -0.363 e. The van der Waals surface area contributed by atoms with Crippen molar-refractivity contribution in [2.24, 2.45) is 0 Å². The minimum absolute atomic E-state index is 0.0642. The Balaban J connectivity index is 2.49. The molecule has 0 aliphatic carbocycles. The van der Waals surface area contributed by atoms with Gasteiger partial charge in [-0.3, -0.25) is 4.79 Å². The van der Waals surface area contributed by atoms with Crippen LogP contribution < -0.4 is 16.0 Å². The van der Waals surface area contributed by atoms with Gasteiger partial charge in [-0.2, -0.15) is 0 Å². The van der Waals surface area contributed by atoms with Crippen LogP contribution in [0, 0.1) is 0 Å². The molecule has 0 radical (unpaired) electrons. The van der Waals surface area contributed by atoms with Gasteiger partial charge in [-0.1, -0.05) is 23.2 Å². The Morgan fingerprint density at radius 3 is 2.72 bits per heavy atom. The number of nitrogens with one attached hydrogen (secondary N) is 3. The standard InChI is InChI=1S/C11H13Cl2N3OS/c1-2-14-11(18)15-6-10(17)16-9-5-7(12)3-4-8(9)13/h3-5H,2,6H2,1H3,(H,16,17)(H2,14,15,18). The first-order valence-electron chi connectivity index (χ1n) is 5.29. The van der Waals surface area contributed by atoms with Crippen LogP contribution in [-0.2, 0) is 4.79 Å². The van der Waals surface area contributed by atoms with Crippen molar-refractivity contribution >= 4 is 52.1 Å². The van der Waals surface area contributed by atoms with Crippen LogP contribution in [0.25, 0.3) is 0 Å². The average Bonchev–Trinajstić information content (AvgIpc) is 2.32. The molecule has 1 amide bonds. The van der Waals surface area contributed by atoms with E-state index >= 15 is 0 Å². The zero-order chi connectivity index (χ0) is 13.5. The Morgan fingerprint density at radius 1 is 1.33 bits per heavy atom. The molecule has 4 nitrogen and oxygen atoms in total. The van der Waals surface area contributed by atoms with Gasteiger partial charge in [-0.25, -0.2) is 0 Å². The van der Waals surface area contributed by atoms with Crippen LogP contribution in [0.2, 0.25) is 10.0 Å². The molecule has 0 saturated heterocycles. The third kappa shape index (κ3) is 5.08. The maximum Gasteiger partial charge on any atom is 0.243 e. The maximum atomic E-state index is 11.6. The molecule has 98 valence electrons. The SMILES string of the molecule is CCNC(=S)NCC(=O)Nc1cc(Cl)ccc1Cl. The molecule has 0 saturated carbocycles. The number of amides is 1. The lowest BCUT2D eigenvalue weighted by Crippen LogP contribution is -2.39. The molecule has 0 spiro atoms. The van der Waals surface area contributed by atoms with E-state index in [9.17, 15) is 4.79 Å². The number of hydrogen-bond donors (Lipinski definition) is 3. The second-order valence-corrected chi connectivity index (χ2v) is 4.64. The molecular formula is C11H13Cl2N3OS. The van der Waals surface area contributed by atoms with Crippen molar-refractivity contribution in [3.63, 3.8) is 0 Å². The van der Waals surface area contributed by atoms with E-state index in [2.05, 4.69) is 16.0 Å². The number of hydrogen-bond acceptors (Lipinski definition) is 2. The first-order chi connectivity index (χ1) is 8.52. The summed E-state index contributed by atoms with van der Waals surface area (Å²) in [5.74, 6) is -0.251. The summed E-state index contributed by atoms with van der Waals surface area (Å²) in [4.78, 5) is 11.6. The Kier molecular flexibility index (Phi) is 6.18. The van der Waals surface area contributed by atoms with E-state index < -0.39 is 0 Å². The normalized spacial score (nSPS) is 9.72. The lowest BCUT2D eigenvalue weighted by molar-refractivity contribution is -0.115. The Morgan fingerprint density at radius 2 is 2.06 bits per heavy atom. The zero-order valence-corrected chi connectivity index (χ0v) is 12.0. The largest absolute Gasteiger partial charge is 0.363 e. The predicted octanol–water partition coefficient (Wildman–Crippen LogP) is 2.42. The zero-order valence-electron chi connectivity index (χ0n) is 9.72. The van der Waals surface area contributed by atoms with Gasteiger partial charge in [0.25, 0.3) is 0 Å². The van der Waals surface area contributed by atoms with Gasteiger partial charge in [0.05, 0.1) is 17.3 Å². The molecule has 0 atom stereocenters. The molecule has 7 heteroatoms. The topological polar surface area (TPSA) is 53.2 Å². The van der Waals surface area contributed by atoms with Gasteiger partial charge in [0, 0.05) is 11.6 Å². The molecule has 0 heterocycles. The number of thiocarbonyl (C=S) groups is 1. The van der Waals surface area contributed by atoms with Gasteiger partial charge in [0.1, 0.15) is 0 Å². The molecule has 1 rings (SSSR count). The van der Waals surface area contributed by atoms with Crippen molar-refractivity contribution in [2.75, 3.05) is 18.4 Å². The average molecular weight is 306 g/mol. The molecule has 0 bridgehead atoms. The van der Waals surface area contributed by atoms with Crippen molar-refractivity contribution in [1.82, 2.24) is 10.6 Å². The molecule has 3 N–H and O–H groups in total. The van der Waals surface area contributed by atoms with Crippen LogP contribution in [0.1, 0.15) is 6.92 Å². The van der Waals surface area contributed by atoms with Gasteiger partial charge < -0.3 is 16.0 Å². The van der Waals surface area contributed by atoms with E-state index in [4.69, 9.17) is 35.4 Å². The molecule has 0 aliphatic heterocycles. The second kappa shape index (κ2) is 7.41. The Bertz CT molecular complexity index is 454. The van der Waals surface area contributed by atoms with E-state index in [0.29, 0.717) is 27.4 Å². The molecular weight excluding hydrogens is 293 g/mol. The summed E-state index contributed by atoms with van der Waals surface area (Å²) in [7, 11) is 0. The molecule has 0 unspecified atom stereocenters. The third-order valence-electron chi connectivity index (χ3n) is 1.95. The fraction of sp³-hybridized carbons (Fsp3) is 0.273. The summed E-state index contributed by atoms with van der Waals surface area (Å²) in [6.45, 7) is 2.68. The first-order valence-corrected chi connectivity index (χ1v) is 6.46. The van der Waals surface area contributed by atoms with E-state index in [-0.39, 0.29) is 12.5 Å². The first kappa shape index (κ1) is 15.0.